The van der Waals surface area contributed by atoms with E-state index in [9.17, 15) is 9.90 Å². The molecule has 2 rings (SSSR count). The SMILES string of the molecule is CN1CCC(c2cc(CCOCCC(=O)O)ccc2O)CC1. The summed E-state index contributed by atoms with van der Waals surface area (Å²) < 4.78 is 5.33. The molecule has 0 radical (unpaired) electrons. The van der Waals surface area contributed by atoms with Crippen molar-refractivity contribution in [3.63, 3.8) is 0 Å². The van der Waals surface area contributed by atoms with Crippen LogP contribution in [0, 0.1) is 0 Å². The van der Waals surface area contributed by atoms with Gasteiger partial charge in [-0.25, -0.2) is 0 Å². The zero-order valence-electron chi connectivity index (χ0n) is 13.1. The second kappa shape index (κ2) is 8.15. The molecule has 0 spiro atoms. The Hall–Kier alpha value is -1.59. The van der Waals surface area contributed by atoms with Crippen LogP contribution in [0.15, 0.2) is 18.2 Å². The molecule has 1 aromatic carbocycles. The van der Waals surface area contributed by atoms with Crippen molar-refractivity contribution in [1.82, 2.24) is 4.90 Å². The first-order chi connectivity index (χ1) is 10.6. The van der Waals surface area contributed by atoms with Crippen LogP contribution in [0.1, 0.15) is 36.3 Å². The molecule has 1 heterocycles. The molecule has 0 aromatic heterocycles. The van der Waals surface area contributed by atoms with E-state index in [2.05, 4.69) is 18.0 Å². The fourth-order valence-corrected chi connectivity index (χ4v) is 2.86. The van der Waals surface area contributed by atoms with Crippen LogP contribution in [-0.4, -0.2) is 54.4 Å². The summed E-state index contributed by atoms with van der Waals surface area (Å²) in [7, 11) is 2.13. The minimum absolute atomic E-state index is 0.0381. The molecule has 0 atom stereocenters. The molecular formula is C17H25NO4. The van der Waals surface area contributed by atoms with E-state index in [1.807, 2.05) is 6.07 Å². The van der Waals surface area contributed by atoms with Gasteiger partial charge in [0.1, 0.15) is 5.75 Å². The second-order valence-corrected chi connectivity index (χ2v) is 5.98. The molecule has 1 fully saturated rings. The first kappa shape index (κ1) is 16.8. The first-order valence-corrected chi connectivity index (χ1v) is 7.86. The molecule has 5 heteroatoms. The number of piperidine rings is 1. The number of hydrogen-bond donors (Lipinski definition) is 2. The van der Waals surface area contributed by atoms with Gasteiger partial charge in [0.2, 0.25) is 0 Å². The highest BCUT2D eigenvalue weighted by atomic mass is 16.5. The number of likely N-dealkylation sites (tertiary alicyclic amines) is 1. The largest absolute Gasteiger partial charge is 0.508 e. The van der Waals surface area contributed by atoms with Gasteiger partial charge < -0.3 is 19.8 Å². The number of ether oxygens (including phenoxy) is 1. The summed E-state index contributed by atoms with van der Waals surface area (Å²) in [5.41, 5.74) is 2.16. The van der Waals surface area contributed by atoms with Gasteiger partial charge in [0, 0.05) is 0 Å². The van der Waals surface area contributed by atoms with Crippen LogP contribution < -0.4 is 0 Å². The minimum atomic E-state index is -0.839. The van der Waals surface area contributed by atoms with E-state index in [1.165, 1.54) is 0 Å². The molecule has 1 aliphatic heterocycles. The smallest absolute Gasteiger partial charge is 0.305 e. The van der Waals surface area contributed by atoms with Gasteiger partial charge in [-0.2, -0.15) is 0 Å². The van der Waals surface area contributed by atoms with Crippen LogP contribution in [0.25, 0.3) is 0 Å². The van der Waals surface area contributed by atoms with Gasteiger partial charge in [0.25, 0.3) is 0 Å². The van der Waals surface area contributed by atoms with Crippen LogP contribution in [-0.2, 0) is 16.0 Å². The molecule has 0 saturated carbocycles. The quantitative estimate of drug-likeness (QED) is 0.756. The van der Waals surface area contributed by atoms with Gasteiger partial charge in [-0.3, -0.25) is 4.79 Å². The number of hydrogen-bond acceptors (Lipinski definition) is 4. The average Bonchev–Trinajstić information content (AvgIpc) is 2.49. The van der Waals surface area contributed by atoms with Crippen molar-refractivity contribution in [3.05, 3.63) is 29.3 Å². The summed E-state index contributed by atoms with van der Waals surface area (Å²) in [6, 6.07) is 5.75. The van der Waals surface area contributed by atoms with E-state index >= 15 is 0 Å². The van der Waals surface area contributed by atoms with Crippen LogP contribution in [0.4, 0.5) is 0 Å². The molecule has 5 nitrogen and oxygen atoms in total. The third-order valence-corrected chi connectivity index (χ3v) is 4.25. The highest BCUT2D eigenvalue weighted by Crippen LogP contribution is 2.34. The molecule has 0 bridgehead atoms. The standard InChI is InChI=1S/C17H25NO4/c1-18-8-4-14(5-9-18)15-12-13(2-3-16(15)19)6-10-22-11-7-17(20)21/h2-3,12,14,19H,4-11H2,1H3,(H,20,21). The Morgan fingerprint density at radius 1 is 1.32 bits per heavy atom. The molecular weight excluding hydrogens is 282 g/mol. The summed E-state index contributed by atoms with van der Waals surface area (Å²) in [5, 5.41) is 18.7. The fourth-order valence-electron chi connectivity index (χ4n) is 2.86. The number of benzene rings is 1. The van der Waals surface area contributed by atoms with Gasteiger partial charge in [0.15, 0.2) is 0 Å². The summed E-state index contributed by atoms with van der Waals surface area (Å²) >= 11 is 0. The van der Waals surface area contributed by atoms with E-state index in [4.69, 9.17) is 9.84 Å². The second-order valence-electron chi connectivity index (χ2n) is 5.98. The summed E-state index contributed by atoms with van der Waals surface area (Å²) in [6.45, 7) is 2.87. The number of phenols is 1. The van der Waals surface area contributed by atoms with E-state index in [0.717, 1.165) is 43.5 Å². The van der Waals surface area contributed by atoms with Gasteiger partial charge in [-0.1, -0.05) is 12.1 Å². The lowest BCUT2D eigenvalue weighted by atomic mass is 9.88. The van der Waals surface area contributed by atoms with Crippen molar-refractivity contribution in [3.8, 4) is 5.75 Å². The van der Waals surface area contributed by atoms with Crippen LogP contribution in [0.2, 0.25) is 0 Å². The minimum Gasteiger partial charge on any atom is -0.508 e. The molecule has 1 aliphatic rings. The first-order valence-electron chi connectivity index (χ1n) is 7.86. The number of nitrogens with zero attached hydrogens (tertiary/aromatic N) is 1. The number of carboxylic acid groups (broad SMARTS) is 1. The van der Waals surface area contributed by atoms with E-state index in [0.29, 0.717) is 18.3 Å². The van der Waals surface area contributed by atoms with E-state index in [1.54, 1.807) is 6.07 Å². The summed E-state index contributed by atoms with van der Waals surface area (Å²) in [5.74, 6) is -0.0386. The highest BCUT2D eigenvalue weighted by molar-refractivity contribution is 5.66. The zero-order valence-corrected chi connectivity index (χ0v) is 13.1. The van der Waals surface area contributed by atoms with Crippen molar-refractivity contribution in [2.75, 3.05) is 33.4 Å². The zero-order chi connectivity index (χ0) is 15.9. The van der Waals surface area contributed by atoms with Crippen LogP contribution in [0.3, 0.4) is 0 Å². The number of aromatic hydroxyl groups is 1. The summed E-state index contributed by atoms with van der Waals surface area (Å²) in [6.07, 6.45) is 2.92. The Morgan fingerprint density at radius 3 is 2.73 bits per heavy atom. The number of carbonyl (C=O) groups is 1. The van der Waals surface area contributed by atoms with E-state index in [-0.39, 0.29) is 13.0 Å². The van der Waals surface area contributed by atoms with Gasteiger partial charge in [-0.15, -0.1) is 0 Å². The molecule has 0 unspecified atom stereocenters. The van der Waals surface area contributed by atoms with Gasteiger partial charge in [0.05, 0.1) is 19.6 Å². The predicted octanol–water partition coefficient (Wildman–Crippen LogP) is 2.24. The van der Waals surface area contributed by atoms with E-state index < -0.39 is 5.97 Å². The molecule has 1 aromatic rings. The number of aliphatic carboxylic acids is 1. The Labute approximate surface area is 131 Å². The van der Waals surface area contributed by atoms with Crippen molar-refractivity contribution >= 4 is 5.97 Å². The lowest BCUT2D eigenvalue weighted by Crippen LogP contribution is -2.29. The molecule has 2 N–H and O–H groups in total. The van der Waals surface area contributed by atoms with Crippen LogP contribution >= 0.6 is 0 Å². The van der Waals surface area contributed by atoms with Crippen LogP contribution in [0.5, 0.6) is 5.75 Å². The van der Waals surface area contributed by atoms with Crippen molar-refractivity contribution in [1.29, 1.82) is 0 Å². The molecule has 122 valence electrons. The Bertz CT molecular complexity index is 495. The fraction of sp³-hybridized carbons (Fsp3) is 0.588. The van der Waals surface area contributed by atoms with Crippen molar-refractivity contribution in [2.24, 2.45) is 0 Å². The lowest BCUT2D eigenvalue weighted by molar-refractivity contribution is -0.138. The number of carboxylic acids is 1. The maximum Gasteiger partial charge on any atom is 0.305 e. The molecule has 22 heavy (non-hydrogen) atoms. The topological polar surface area (TPSA) is 70.0 Å². The molecule has 0 aliphatic carbocycles. The van der Waals surface area contributed by atoms with Gasteiger partial charge >= 0.3 is 5.97 Å². The van der Waals surface area contributed by atoms with Crippen molar-refractivity contribution < 1.29 is 19.7 Å². The third-order valence-electron chi connectivity index (χ3n) is 4.25. The third kappa shape index (κ3) is 5.00. The predicted molar refractivity (Wildman–Crippen MR) is 84.4 cm³/mol. The Morgan fingerprint density at radius 2 is 2.05 bits per heavy atom. The maximum atomic E-state index is 10.4. The average molecular weight is 307 g/mol. The maximum absolute atomic E-state index is 10.4. The monoisotopic (exact) mass is 307 g/mol. The summed E-state index contributed by atoms with van der Waals surface area (Å²) in [4.78, 5) is 12.7. The Balaban J connectivity index is 1.88. The molecule has 1 saturated heterocycles. The van der Waals surface area contributed by atoms with Crippen molar-refractivity contribution in [2.45, 2.75) is 31.6 Å². The normalized spacial score (nSPS) is 16.8. The van der Waals surface area contributed by atoms with Gasteiger partial charge in [-0.05, 0) is 62.5 Å². The Kier molecular flexibility index (Phi) is 6.21. The number of phenolic OH excluding ortho intramolecular Hbond substituents is 1. The molecule has 0 amide bonds. The lowest BCUT2D eigenvalue weighted by Gasteiger charge is -2.29. The highest BCUT2D eigenvalue weighted by Gasteiger charge is 2.21. The number of rotatable bonds is 7.